The second kappa shape index (κ2) is 7.48. The number of benzene rings is 2. The summed E-state index contributed by atoms with van der Waals surface area (Å²) in [5.74, 6) is 6.95. The number of guanidine groups is 1. The molecule has 3 rings (SSSR count). The molecule has 0 radical (unpaired) electrons. The fourth-order valence-corrected chi connectivity index (χ4v) is 2.10. The molecule has 5 heteroatoms. The van der Waals surface area contributed by atoms with Crippen LogP contribution in [0, 0.1) is 11.8 Å². The van der Waals surface area contributed by atoms with E-state index >= 15 is 0 Å². The van der Waals surface area contributed by atoms with Gasteiger partial charge < -0.3 is 5.32 Å². The smallest absolute Gasteiger partial charge is 0.212 e. The lowest BCUT2D eigenvalue weighted by atomic mass is 10.1. The Hall–Kier alpha value is -2.77. The summed E-state index contributed by atoms with van der Waals surface area (Å²) in [4.78, 5) is 4.19. The van der Waals surface area contributed by atoms with E-state index in [9.17, 15) is 0 Å². The molecule has 2 aromatic carbocycles. The first-order chi connectivity index (χ1) is 11.3. The van der Waals surface area contributed by atoms with Crippen LogP contribution in [-0.4, -0.2) is 25.3 Å². The molecule has 0 atom stereocenters. The van der Waals surface area contributed by atoms with Crippen LogP contribution in [0.3, 0.4) is 0 Å². The van der Waals surface area contributed by atoms with Crippen LogP contribution in [0.5, 0.6) is 0 Å². The van der Waals surface area contributed by atoms with Crippen LogP contribution in [0.25, 0.3) is 0 Å². The van der Waals surface area contributed by atoms with Gasteiger partial charge in [-0.25, -0.2) is 10.4 Å². The van der Waals surface area contributed by atoms with Gasteiger partial charge in [0.05, 0.1) is 12.8 Å². The van der Waals surface area contributed by atoms with Crippen LogP contribution in [0.2, 0.25) is 5.02 Å². The topological polar surface area (TPSA) is 48.8 Å². The van der Waals surface area contributed by atoms with Gasteiger partial charge >= 0.3 is 0 Å². The van der Waals surface area contributed by atoms with Crippen LogP contribution in [-0.2, 0) is 0 Å². The summed E-state index contributed by atoms with van der Waals surface area (Å²) in [5.41, 5.74) is 5.75. The van der Waals surface area contributed by atoms with Gasteiger partial charge in [0.1, 0.15) is 0 Å². The Bertz CT molecular complexity index is 781. The molecule has 0 saturated carbocycles. The quantitative estimate of drug-likeness (QED) is 0.507. The molecular weight excluding hydrogens is 308 g/mol. The summed E-state index contributed by atoms with van der Waals surface area (Å²) in [6.45, 7) is 1.65. The molecule has 1 heterocycles. The van der Waals surface area contributed by atoms with Crippen molar-refractivity contribution in [3.63, 3.8) is 0 Å². The molecule has 23 heavy (non-hydrogen) atoms. The highest BCUT2D eigenvalue weighted by Crippen LogP contribution is 2.09. The number of nitrogens with zero attached hydrogens (tertiary/aromatic N) is 2. The molecular formula is C18H15ClN4. The number of halogens is 1. The Morgan fingerprint density at radius 1 is 1.04 bits per heavy atom. The molecule has 4 nitrogen and oxygen atoms in total. The van der Waals surface area contributed by atoms with Gasteiger partial charge in [-0.05, 0) is 42.0 Å². The first-order valence-electron chi connectivity index (χ1n) is 7.25. The summed E-state index contributed by atoms with van der Waals surface area (Å²) in [7, 11) is 0. The number of hydrogen-bond donors (Lipinski definition) is 2. The van der Waals surface area contributed by atoms with Crippen molar-refractivity contribution in [2.24, 2.45) is 10.1 Å². The van der Waals surface area contributed by atoms with Crippen LogP contribution < -0.4 is 10.7 Å². The average Bonchev–Trinajstić information content (AvgIpc) is 3.09. The average molecular weight is 323 g/mol. The van der Waals surface area contributed by atoms with Gasteiger partial charge in [-0.2, -0.15) is 5.10 Å². The highest BCUT2D eigenvalue weighted by Gasteiger charge is 2.01. The van der Waals surface area contributed by atoms with Crippen LogP contribution in [0.15, 0.2) is 58.6 Å². The molecule has 0 saturated heterocycles. The second-order valence-electron chi connectivity index (χ2n) is 4.91. The maximum atomic E-state index is 5.85. The van der Waals surface area contributed by atoms with Crippen molar-refractivity contribution >= 4 is 23.8 Å². The van der Waals surface area contributed by atoms with E-state index in [1.165, 1.54) is 0 Å². The monoisotopic (exact) mass is 322 g/mol. The fraction of sp³-hybridized carbons (Fsp3) is 0.111. The fourth-order valence-electron chi connectivity index (χ4n) is 1.97. The van der Waals surface area contributed by atoms with Crippen LogP contribution >= 0.6 is 11.6 Å². The second-order valence-corrected chi connectivity index (χ2v) is 5.34. The number of hydrazone groups is 1. The van der Waals surface area contributed by atoms with Gasteiger partial charge in [-0.1, -0.05) is 35.6 Å². The van der Waals surface area contributed by atoms with Crippen molar-refractivity contribution in [3.8, 4) is 11.8 Å². The van der Waals surface area contributed by atoms with E-state index in [0.29, 0.717) is 11.0 Å². The Kier molecular flexibility index (Phi) is 4.92. The minimum atomic E-state index is 0.714. The molecule has 0 aromatic heterocycles. The lowest BCUT2D eigenvalue weighted by Crippen LogP contribution is -2.30. The summed E-state index contributed by atoms with van der Waals surface area (Å²) in [6.07, 6.45) is 1.75. The molecule has 0 aliphatic carbocycles. The Balaban J connectivity index is 1.60. The maximum absolute atomic E-state index is 5.85. The third-order valence-corrected chi connectivity index (χ3v) is 3.42. The molecule has 2 N–H and O–H groups in total. The third-order valence-electron chi connectivity index (χ3n) is 3.16. The summed E-state index contributed by atoms with van der Waals surface area (Å²) in [5, 5.41) is 7.94. The minimum Gasteiger partial charge on any atom is -0.353 e. The molecule has 2 aromatic rings. The predicted octanol–water partition coefficient (Wildman–Crippen LogP) is 2.62. The zero-order chi connectivity index (χ0) is 15.9. The van der Waals surface area contributed by atoms with E-state index in [2.05, 4.69) is 32.7 Å². The molecule has 0 fully saturated rings. The van der Waals surface area contributed by atoms with Crippen molar-refractivity contribution in [3.05, 3.63) is 70.2 Å². The Morgan fingerprint density at radius 3 is 2.30 bits per heavy atom. The van der Waals surface area contributed by atoms with Gasteiger partial charge in [0.25, 0.3) is 0 Å². The zero-order valence-electron chi connectivity index (χ0n) is 12.4. The minimum absolute atomic E-state index is 0.714. The lowest BCUT2D eigenvalue weighted by molar-refractivity contribution is 0.920. The van der Waals surface area contributed by atoms with Gasteiger partial charge in [0, 0.05) is 22.7 Å². The van der Waals surface area contributed by atoms with Crippen LogP contribution in [0.1, 0.15) is 16.7 Å². The third kappa shape index (κ3) is 4.60. The van der Waals surface area contributed by atoms with E-state index in [4.69, 9.17) is 11.6 Å². The molecule has 0 bridgehead atoms. The van der Waals surface area contributed by atoms with Gasteiger partial charge in [-0.3, -0.25) is 0 Å². The maximum Gasteiger partial charge on any atom is 0.212 e. The molecule has 0 spiro atoms. The summed E-state index contributed by atoms with van der Waals surface area (Å²) < 4.78 is 0. The van der Waals surface area contributed by atoms with E-state index < -0.39 is 0 Å². The predicted molar refractivity (Wildman–Crippen MR) is 94.9 cm³/mol. The Morgan fingerprint density at radius 2 is 1.70 bits per heavy atom. The Labute approximate surface area is 140 Å². The number of nitrogens with one attached hydrogen (secondary N) is 2. The van der Waals surface area contributed by atoms with Crippen molar-refractivity contribution in [2.75, 3.05) is 13.1 Å². The van der Waals surface area contributed by atoms with E-state index in [0.717, 1.165) is 29.8 Å². The molecule has 0 amide bonds. The largest absolute Gasteiger partial charge is 0.353 e. The number of rotatable bonds is 2. The van der Waals surface area contributed by atoms with Crippen molar-refractivity contribution in [1.29, 1.82) is 0 Å². The lowest BCUT2D eigenvalue weighted by Gasteiger charge is -1.99. The number of aliphatic imine (C=N–C) groups is 1. The number of hydrogen-bond acceptors (Lipinski definition) is 4. The normalized spacial score (nSPS) is 13.2. The molecule has 1 aliphatic heterocycles. The van der Waals surface area contributed by atoms with Crippen LogP contribution in [0.4, 0.5) is 0 Å². The van der Waals surface area contributed by atoms with Gasteiger partial charge in [0.2, 0.25) is 5.96 Å². The van der Waals surface area contributed by atoms with E-state index in [1.54, 1.807) is 6.21 Å². The van der Waals surface area contributed by atoms with Gasteiger partial charge in [-0.15, -0.1) is 0 Å². The van der Waals surface area contributed by atoms with Crippen molar-refractivity contribution < 1.29 is 0 Å². The highest BCUT2D eigenvalue weighted by atomic mass is 35.5. The molecule has 114 valence electrons. The molecule has 0 unspecified atom stereocenters. The van der Waals surface area contributed by atoms with Crippen molar-refractivity contribution in [1.82, 2.24) is 10.7 Å². The summed E-state index contributed by atoms with van der Waals surface area (Å²) in [6, 6.07) is 15.4. The van der Waals surface area contributed by atoms with Crippen molar-refractivity contribution in [2.45, 2.75) is 0 Å². The van der Waals surface area contributed by atoms with Gasteiger partial charge in [0.15, 0.2) is 0 Å². The van der Waals surface area contributed by atoms with E-state index in [-0.39, 0.29) is 0 Å². The summed E-state index contributed by atoms with van der Waals surface area (Å²) >= 11 is 5.85. The molecule has 1 aliphatic rings. The highest BCUT2D eigenvalue weighted by molar-refractivity contribution is 6.30. The zero-order valence-corrected chi connectivity index (χ0v) is 13.1. The first kappa shape index (κ1) is 15.1. The first-order valence-corrected chi connectivity index (χ1v) is 7.62. The standard InChI is InChI=1S/C18H15ClN4/c19-17-9-7-15(8-10-17)2-1-14-3-5-16(6-4-14)13-22-23-18-20-11-12-21-18/h3-10,13H,11-12H2,(H2,20,21,23)/b22-13+. The van der Waals surface area contributed by atoms with E-state index in [1.807, 2.05) is 48.5 Å². The SMILES string of the molecule is Clc1ccc(C#Cc2ccc(/C=N/NC3=NCCN3)cc2)cc1.